The van der Waals surface area contributed by atoms with Crippen LogP contribution in [0.2, 0.25) is 5.02 Å². The molecule has 192 valence electrons. The van der Waals surface area contributed by atoms with E-state index < -0.39 is 23.2 Å². The number of rotatable bonds is 6. The molecule has 3 unspecified atom stereocenters. The van der Waals surface area contributed by atoms with Crippen molar-refractivity contribution < 1.29 is 13.9 Å². The minimum atomic E-state index is -1.26. The summed E-state index contributed by atoms with van der Waals surface area (Å²) in [6.45, 7) is 0.511. The van der Waals surface area contributed by atoms with E-state index in [0.29, 0.717) is 42.0 Å². The molecule has 4 nitrogen and oxygen atoms in total. The van der Waals surface area contributed by atoms with Gasteiger partial charge in [0.1, 0.15) is 0 Å². The maximum Gasteiger partial charge on any atom is 0.252 e. The number of fused-ring (bicyclic) bond motifs is 1. The third-order valence-corrected chi connectivity index (χ3v) is 8.17. The normalized spacial score (nSPS) is 20.7. The van der Waals surface area contributed by atoms with E-state index in [4.69, 9.17) is 11.6 Å². The molecule has 4 aromatic rings. The molecule has 0 saturated carbocycles. The van der Waals surface area contributed by atoms with E-state index in [1.807, 2.05) is 42.7 Å². The molecule has 3 N–H and O–H groups in total. The predicted octanol–water partition coefficient (Wildman–Crippen LogP) is 6.04. The summed E-state index contributed by atoms with van der Waals surface area (Å²) in [6, 6.07) is 18.6. The highest BCUT2D eigenvalue weighted by molar-refractivity contribution is 7.98. The smallest absolute Gasteiger partial charge is 0.252 e. The molecule has 0 amide bonds. The third kappa shape index (κ3) is 5.46. The molecule has 0 radical (unpaired) electrons. The van der Waals surface area contributed by atoms with Gasteiger partial charge < -0.3 is 15.4 Å². The van der Waals surface area contributed by atoms with Gasteiger partial charge in [0.15, 0.2) is 11.6 Å². The SMILES string of the molecule is CSc1ccc2[nH]c(=O)c(C(c3ccc(Cl)cc3)C3(O)CCNC(Cc4ccc(F)c(F)c4)C3)cc2c1. The number of halogens is 3. The summed E-state index contributed by atoms with van der Waals surface area (Å²) in [6.07, 6.45) is 3.14. The van der Waals surface area contributed by atoms with Crippen LogP contribution >= 0.6 is 23.4 Å². The van der Waals surface area contributed by atoms with Crippen molar-refractivity contribution in [2.24, 2.45) is 0 Å². The molecular formula is C29H27ClF2N2O2S. The Morgan fingerprint density at radius 2 is 1.86 bits per heavy atom. The van der Waals surface area contributed by atoms with Gasteiger partial charge in [-0.25, -0.2) is 8.78 Å². The van der Waals surface area contributed by atoms with Crippen LogP contribution in [-0.4, -0.2) is 34.5 Å². The van der Waals surface area contributed by atoms with E-state index in [1.54, 1.807) is 30.0 Å². The van der Waals surface area contributed by atoms with Crippen LogP contribution in [0.4, 0.5) is 8.78 Å². The van der Waals surface area contributed by atoms with E-state index in [-0.39, 0.29) is 11.6 Å². The van der Waals surface area contributed by atoms with Crippen molar-refractivity contribution in [3.63, 3.8) is 0 Å². The number of thioether (sulfide) groups is 1. The summed E-state index contributed by atoms with van der Waals surface area (Å²) in [4.78, 5) is 17.5. The molecule has 1 aliphatic heterocycles. The van der Waals surface area contributed by atoms with E-state index in [1.165, 1.54) is 6.07 Å². The zero-order valence-corrected chi connectivity index (χ0v) is 21.8. The molecule has 5 rings (SSSR count). The highest BCUT2D eigenvalue weighted by Crippen LogP contribution is 2.41. The molecule has 3 aromatic carbocycles. The molecule has 0 aliphatic carbocycles. The number of aliphatic hydroxyl groups is 1. The van der Waals surface area contributed by atoms with Crippen LogP contribution in [0.3, 0.4) is 0 Å². The maximum atomic E-state index is 13.8. The molecule has 1 aromatic heterocycles. The van der Waals surface area contributed by atoms with Crippen molar-refractivity contribution in [3.8, 4) is 0 Å². The van der Waals surface area contributed by atoms with Gasteiger partial charge in [0.05, 0.1) is 5.60 Å². The molecular weight excluding hydrogens is 514 g/mol. The van der Waals surface area contributed by atoms with Gasteiger partial charge in [-0.05, 0) is 97.1 Å². The number of aromatic nitrogens is 1. The fourth-order valence-electron chi connectivity index (χ4n) is 5.43. The standard InChI is InChI=1S/C29H27ClF2N2O2S/c1-37-22-7-9-26-19(14-22)15-23(28(35)34-26)27(18-3-5-20(30)6-4-18)29(36)10-11-33-21(16-29)12-17-2-8-24(31)25(32)13-17/h2-9,13-15,21,27,33,36H,10-12,16H2,1H3,(H,34,35). The van der Waals surface area contributed by atoms with Gasteiger partial charge in [-0.2, -0.15) is 0 Å². The Hall–Kier alpha value is -2.71. The largest absolute Gasteiger partial charge is 0.389 e. The quantitative estimate of drug-likeness (QED) is 0.261. The van der Waals surface area contributed by atoms with Gasteiger partial charge in [0.2, 0.25) is 0 Å². The highest BCUT2D eigenvalue weighted by atomic mass is 35.5. The molecule has 2 heterocycles. The van der Waals surface area contributed by atoms with Crippen LogP contribution in [0.25, 0.3) is 10.9 Å². The Morgan fingerprint density at radius 1 is 1.08 bits per heavy atom. The lowest BCUT2D eigenvalue weighted by Gasteiger charge is -2.43. The topological polar surface area (TPSA) is 65.1 Å². The van der Waals surface area contributed by atoms with E-state index >= 15 is 0 Å². The first-order valence-corrected chi connectivity index (χ1v) is 13.7. The number of piperidine rings is 1. The zero-order chi connectivity index (χ0) is 26.2. The summed E-state index contributed by atoms with van der Waals surface area (Å²) >= 11 is 7.78. The Kier molecular flexibility index (Phi) is 7.41. The average Bonchev–Trinajstić information content (AvgIpc) is 2.87. The third-order valence-electron chi connectivity index (χ3n) is 7.19. The Bertz CT molecular complexity index is 1490. The lowest BCUT2D eigenvalue weighted by atomic mass is 9.70. The summed E-state index contributed by atoms with van der Waals surface area (Å²) in [5.74, 6) is -2.40. The highest BCUT2D eigenvalue weighted by Gasteiger charge is 2.43. The second kappa shape index (κ2) is 10.6. The number of benzene rings is 3. The van der Waals surface area contributed by atoms with Gasteiger partial charge in [-0.3, -0.25) is 4.79 Å². The van der Waals surface area contributed by atoms with Crippen molar-refractivity contribution in [3.05, 3.63) is 110 Å². The van der Waals surface area contributed by atoms with Crippen LogP contribution in [-0.2, 0) is 6.42 Å². The van der Waals surface area contributed by atoms with Gasteiger partial charge >= 0.3 is 0 Å². The van der Waals surface area contributed by atoms with Crippen molar-refractivity contribution in [1.82, 2.24) is 10.3 Å². The van der Waals surface area contributed by atoms with Crippen molar-refractivity contribution in [2.45, 2.75) is 41.7 Å². The van der Waals surface area contributed by atoms with E-state index in [0.717, 1.165) is 27.4 Å². The molecule has 3 atom stereocenters. The summed E-state index contributed by atoms with van der Waals surface area (Å²) < 4.78 is 27.3. The second-order valence-electron chi connectivity index (χ2n) is 9.65. The Balaban J connectivity index is 1.57. The second-order valence-corrected chi connectivity index (χ2v) is 11.0. The van der Waals surface area contributed by atoms with Gasteiger partial charge in [-0.1, -0.05) is 29.8 Å². The maximum absolute atomic E-state index is 13.8. The average molecular weight is 541 g/mol. The summed E-state index contributed by atoms with van der Waals surface area (Å²) in [7, 11) is 0. The lowest BCUT2D eigenvalue weighted by molar-refractivity contribution is -0.0188. The van der Waals surface area contributed by atoms with Crippen LogP contribution in [0.5, 0.6) is 0 Å². The number of hydrogen-bond acceptors (Lipinski definition) is 4. The minimum absolute atomic E-state index is 0.193. The van der Waals surface area contributed by atoms with Crippen molar-refractivity contribution >= 4 is 34.3 Å². The molecule has 0 bridgehead atoms. The summed E-state index contributed by atoms with van der Waals surface area (Å²) in [5.41, 5.74) is 1.11. The van der Waals surface area contributed by atoms with Gasteiger partial charge in [0.25, 0.3) is 5.56 Å². The Morgan fingerprint density at radius 3 is 2.59 bits per heavy atom. The molecule has 8 heteroatoms. The minimum Gasteiger partial charge on any atom is -0.389 e. The molecule has 1 aliphatic rings. The van der Waals surface area contributed by atoms with Crippen LogP contribution in [0, 0.1) is 11.6 Å². The molecule has 1 fully saturated rings. The van der Waals surface area contributed by atoms with Gasteiger partial charge in [-0.15, -0.1) is 11.8 Å². The monoisotopic (exact) mass is 540 g/mol. The first kappa shape index (κ1) is 25.9. The number of pyridine rings is 1. The molecule has 0 spiro atoms. The van der Waals surface area contributed by atoms with Crippen molar-refractivity contribution in [2.75, 3.05) is 12.8 Å². The first-order chi connectivity index (χ1) is 17.8. The van der Waals surface area contributed by atoms with Crippen molar-refractivity contribution in [1.29, 1.82) is 0 Å². The Labute approximate surface area is 223 Å². The number of nitrogens with one attached hydrogen (secondary N) is 2. The molecule has 37 heavy (non-hydrogen) atoms. The zero-order valence-electron chi connectivity index (χ0n) is 20.2. The van der Waals surface area contributed by atoms with Crippen LogP contribution < -0.4 is 10.9 Å². The van der Waals surface area contributed by atoms with Gasteiger partial charge in [0, 0.05) is 33.0 Å². The fraction of sp³-hybridized carbons (Fsp3) is 0.276. The first-order valence-electron chi connectivity index (χ1n) is 12.1. The van der Waals surface area contributed by atoms with Crippen LogP contribution in [0.1, 0.15) is 35.4 Å². The van der Waals surface area contributed by atoms with E-state index in [9.17, 15) is 18.7 Å². The number of hydrogen-bond donors (Lipinski definition) is 3. The molecule has 1 saturated heterocycles. The lowest BCUT2D eigenvalue weighted by Crippen LogP contribution is -2.52. The van der Waals surface area contributed by atoms with E-state index in [2.05, 4.69) is 10.3 Å². The summed E-state index contributed by atoms with van der Waals surface area (Å²) in [5, 5.41) is 17.0. The van der Waals surface area contributed by atoms with Crippen LogP contribution in [0.15, 0.2) is 76.4 Å². The predicted molar refractivity (Wildman–Crippen MR) is 146 cm³/mol. The number of aromatic amines is 1. The fourth-order valence-corrected chi connectivity index (χ4v) is 6.00. The number of H-pyrrole nitrogens is 1.